The molecule has 198 valence electrons. The zero-order valence-electron chi connectivity index (χ0n) is 20.4. The van der Waals surface area contributed by atoms with Gasteiger partial charge in [-0.3, -0.25) is 19.8 Å². The molecule has 0 fully saturated rings. The minimum Gasteiger partial charge on any atom is -0.513 e. The second kappa shape index (κ2) is 13.0. The molecule has 13 heteroatoms. The molecule has 4 N–H and O–H groups in total. The molecule has 0 radical (unpaired) electrons. The van der Waals surface area contributed by atoms with Crippen molar-refractivity contribution in [2.45, 2.75) is 13.8 Å². The summed E-state index contributed by atoms with van der Waals surface area (Å²) in [5.74, 6) is -2.92. The second-order valence-corrected chi connectivity index (χ2v) is 7.83. The van der Waals surface area contributed by atoms with Crippen LogP contribution in [0.15, 0.2) is 104 Å². The number of hydrogen-bond donors (Lipinski definition) is 4. The number of aliphatic hydroxyl groups excluding tert-OH is 4. The van der Waals surface area contributed by atoms with Crippen LogP contribution in [0.1, 0.15) is 45.7 Å². The number of aliphatic hydroxyl groups is 4. The predicted molar refractivity (Wildman–Crippen MR) is 140 cm³/mol. The van der Waals surface area contributed by atoms with Crippen molar-refractivity contribution in [1.82, 2.24) is 0 Å². The number of ketones is 2. The molecule has 0 bridgehead atoms. The molecule has 0 spiro atoms. The maximum Gasteiger partial charge on any atom is 2.00 e. The van der Waals surface area contributed by atoms with Crippen LogP contribution in [-0.4, -0.2) is 43.7 Å². The van der Waals surface area contributed by atoms with Crippen LogP contribution in [0.25, 0.3) is 22.3 Å². The van der Waals surface area contributed by atoms with Crippen molar-refractivity contribution in [3.63, 3.8) is 0 Å². The third-order valence-corrected chi connectivity index (χ3v) is 4.91. The molecule has 0 aliphatic heterocycles. The number of allylic oxidation sites excluding steroid dienone is 4. The maximum absolute atomic E-state index is 11.9. The van der Waals surface area contributed by atoms with Gasteiger partial charge in [-0.1, -0.05) is 48.5 Å². The summed E-state index contributed by atoms with van der Waals surface area (Å²) in [4.78, 5) is 23.8. The molecule has 12 nitrogen and oxygen atoms in total. The average Bonchev–Trinajstić information content (AvgIpc) is 3.25. The summed E-state index contributed by atoms with van der Waals surface area (Å²) in [6, 6.07) is 13.0. The van der Waals surface area contributed by atoms with Crippen LogP contribution in [0.2, 0.25) is 0 Å². The Morgan fingerprint density at radius 2 is 0.974 bits per heavy atom. The molecular weight excluding hydrogens is 548 g/mol. The van der Waals surface area contributed by atoms with Gasteiger partial charge in [-0.2, -0.15) is 0 Å². The van der Waals surface area contributed by atoms with Gasteiger partial charge in [0.2, 0.25) is 11.6 Å². The number of hydrogen-bond acceptors (Lipinski definition) is 8. The Hall–Kier alpha value is -5.00. The first-order valence-corrected chi connectivity index (χ1v) is 10.9. The molecule has 0 unspecified atom stereocenters. The average molecular weight is 568 g/mol. The van der Waals surface area contributed by atoms with Crippen LogP contribution in [0.4, 0.5) is 0 Å². The molecule has 2 aliphatic rings. The van der Waals surface area contributed by atoms with Gasteiger partial charge < -0.3 is 41.5 Å². The molecule has 0 heterocycles. The van der Waals surface area contributed by atoms with Gasteiger partial charge in [-0.25, -0.2) is 0 Å². The third-order valence-electron chi connectivity index (χ3n) is 4.91. The smallest absolute Gasteiger partial charge is 0.513 e. The number of benzene rings is 2. The molecule has 0 amide bonds. The van der Waals surface area contributed by atoms with Gasteiger partial charge in [0.25, 0.3) is 0 Å². The fraction of sp³-hybridized carbons (Fsp3) is 0.0769. The third kappa shape index (κ3) is 7.06. The van der Waals surface area contributed by atoms with Gasteiger partial charge in [0.1, 0.15) is 0 Å². The van der Waals surface area contributed by atoms with E-state index < -0.39 is 23.2 Å². The van der Waals surface area contributed by atoms with E-state index in [2.05, 4.69) is 20.5 Å². The first kappa shape index (κ1) is 30.2. The zero-order chi connectivity index (χ0) is 28.0. The summed E-state index contributed by atoms with van der Waals surface area (Å²) >= 11 is 0. The van der Waals surface area contributed by atoms with E-state index >= 15 is 0 Å². The Labute approximate surface area is 232 Å². The van der Waals surface area contributed by atoms with Crippen LogP contribution in [-0.2, 0) is 17.1 Å². The van der Waals surface area contributed by atoms with Crippen LogP contribution >= 0.6 is 0 Å². The molecule has 4 rings (SSSR count). The molecule has 0 aromatic heterocycles. The molecule has 39 heavy (non-hydrogen) atoms. The van der Waals surface area contributed by atoms with Crippen LogP contribution in [0.3, 0.4) is 0 Å². The Balaban J connectivity index is 0.000000267. The fourth-order valence-electron chi connectivity index (χ4n) is 3.32. The molecular formula is C26H20FeN6O6. The van der Waals surface area contributed by atoms with E-state index in [1.807, 2.05) is 0 Å². The van der Waals surface area contributed by atoms with Crippen molar-refractivity contribution in [1.29, 1.82) is 0 Å². The number of rotatable bonds is 4. The summed E-state index contributed by atoms with van der Waals surface area (Å²) in [5.41, 5.74) is 0.961. The quantitative estimate of drug-likeness (QED) is 0.114. The van der Waals surface area contributed by atoms with E-state index in [9.17, 15) is 30.6 Å². The van der Waals surface area contributed by atoms with Gasteiger partial charge in [-0.05, 0) is 37.7 Å². The van der Waals surface area contributed by atoms with E-state index in [1.54, 1.807) is 48.5 Å². The minimum absolute atomic E-state index is 0. The van der Waals surface area contributed by atoms with Crippen molar-refractivity contribution in [2.75, 3.05) is 0 Å². The molecule has 0 atom stereocenters. The van der Waals surface area contributed by atoms with E-state index in [1.165, 1.54) is 13.8 Å². The number of carbonyl (C=O) groups excluding carboxylic acids is 2. The summed E-state index contributed by atoms with van der Waals surface area (Å²) in [6.07, 6.45) is 1.93. The topological polar surface area (TPSA) is 209 Å². The van der Waals surface area contributed by atoms with E-state index in [4.69, 9.17) is 10.2 Å². The number of amidine groups is 2. The Morgan fingerprint density at radius 3 is 1.26 bits per heavy atom. The number of carbonyl (C=O) groups is 2. The first-order chi connectivity index (χ1) is 18.0. The number of nitrogens with zero attached hydrogens (tertiary/aromatic N) is 6. The van der Waals surface area contributed by atoms with Crippen molar-refractivity contribution < 1.29 is 47.1 Å². The van der Waals surface area contributed by atoms with Crippen molar-refractivity contribution in [2.24, 2.45) is 20.5 Å². The molecule has 0 saturated heterocycles. The Morgan fingerprint density at radius 1 is 0.667 bits per heavy atom. The monoisotopic (exact) mass is 568 g/mol. The van der Waals surface area contributed by atoms with E-state index in [0.29, 0.717) is 22.3 Å². The normalized spacial score (nSPS) is 14.8. The van der Waals surface area contributed by atoms with Gasteiger partial charge in [0.15, 0.2) is 22.9 Å². The zero-order valence-corrected chi connectivity index (χ0v) is 21.5. The maximum atomic E-state index is 11.9. The van der Waals surface area contributed by atoms with Crippen molar-refractivity contribution >= 4 is 34.8 Å². The summed E-state index contributed by atoms with van der Waals surface area (Å²) in [5, 5.41) is 69.8. The molecule has 2 aromatic rings. The molecule has 0 saturated carbocycles. The van der Waals surface area contributed by atoms with Gasteiger partial charge >= 0.3 is 17.1 Å². The Kier molecular flexibility index (Phi) is 10.1. The van der Waals surface area contributed by atoms with E-state index in [-0.39, 0.29) is 51.5 Å². The van der Waals surface area contributed by atoms with Gasteiger partial charge in [-0.15, -0.1) is 0 Å². The predicted octanol–water partition coefficient (Wildman–Crippen LogP) is 5.98. The van der Waals surface area contributed by atoms with Gasteiger partial charge in [0.05, 0.1) is 11.5 Å². The minimum atomic E-state index is -0.566. The summed E-state index contributed by atoms with van der Waals surface area (Å²) in [7, 11) is 0. The summed E-state index contributed by atoms with van der Waals surface area (Å²) in [6.45, 7) is 2.69. The van der Waals surface area contributed by atoms with E-state index in [0.717, 1.165) is 12.2 Å². The van der Waals surface area contributed by atoms with Crippen LogP contribution in [0, 0.1) is 0 Å². The van der Waals surface area contributed by atoms with Gasteiger partial charge in [0, 0.05) is 22.3 Å². The SMILES string of the molecule is C/C(O)=C/C(=[N-])N=NC1=C(O)c2ccccc2C1=O.C/C(O)=C/C(=[N-])N=NC1=C(O)c2ccccc2C1=O.[Fe+2]. The molecule has 2 aromatic carbocycles. The molecule has 2 aliphatic carbocycles. The summed E-state index contributed by atoms with van der Waals surface area (Å²) < 4.78 is 0. The second-order valence-electron chi connectivity index (χ2n) is 7.83. The number of azo groups is 2. The Bertz CT molecular complexity index is 1430. The standard InChI is InChI=1S/2C13H10N3O3.Fe/c2*1-7(17)6-10(14)15-16-11-12(18)8-4-2-3-5-9(8)13(11)19;/h2*2-6,17-18H,1H3;/q2*-1;+2/b2*7-6-,16-15?;. The largest absolute Gasteiger partial charge is 2.00 e. The number of Topliss-reactive ketones (excluding diaryl/α,β-unsaturated/α-hetero) is 2. The fourth-order valence-corrected chi connectivity index (χ4v) is 3.32. The number of fused-ring (bicyclic) bond motifs is 2. The van der Waals surface area contributed by atoms with Crippen molar-refractivity contribution in [3.05, 3.63) is 117 Å². The van der Waals surface area contributed by atoms with Crippen LogP contribution < -0.4 is 0 Å². The van der Waals surface area contributed by atoms with Crippen molar-refractivity contribution in [3.8, 4) is 0 Å². The first-order valence-electron chi connectivity index (χ1n) is 10.9. The van der Waals surface area contributed by atoms with Crippen LogP contribution in [0.5, 0.6) is 0 Å².